The van der Waals surface area contributed by atoms with Crippen LogP contribution in [0.15, 0.2) is 29.1 Å². The van der Waals surface area contributed by atoms with Crippen LogP contribution in [0.2, 0.25) is 0 Å². The van der Waals surface area contributed by atoms with E-state index in [2.05, 4.69) is 32.2 Å². The molecule has 0 amide bonds. The Kier molecular flexibility index (Phi) is 3.46. The zero-order valence-corrected chi connectivity index (χ0v) is 10.7. The van der Waals surface area contributed by atoms with Crippen molar-refractivity contribution in [3.05, 3.63) is 45.5 Å². The van der Waals surface area contributed by atoms with Crippen LogP contribution in [0.5, 0.6) is 0 Å². The lowest BCUT2D eigenvalue weighted by molar-refractivity contribution is 0.554. The Hall–Kier alpha value is -1.06. The van der Waals surface area contributed by atoms with Crippen molar-refractivity contribution in [1.82, 2.24) is 5.32 Å². The minimum atomic E-state index is 0.265. The highest BCUT2D eigenvalue weighted by molar-refractivity contribution is 7.12. The number of rotatable bonds is 4. The first-order valence-electron chi connectivity index (χ1n) is 5.54. The highest BCUT2D eigenvalue weighted by Gasteiger charge is 2.16. The Morgan fingerprint density at radius 2 is 2.25 bits per heavy atom. The topological polar surface area (TPSA) is 25.2 Å². The number of aryl methyl sites for hydroxylation is 2. The molecule has 2 heterocycles. The van der Waals surface area contributed by atoms with Crippen LogP contribution in [0.25, 0.3) is 0 Å². The largest absolute Gasteiger partial charge is 0.472 e. The average molecular weight is 235 g/mol. The van der Waals surface area contributed by atoms with Gasteiger partial charge in [0.25, 0.3) is 0 Å². The van der Waals surface area contributed by atoms with Crippen molar-refractivity contribution in [2.45, 2.75) is 26.8 Å². The molecular weight excluding hydrogens is 218 g/mol. The third kappa shape index (κ3) is 2.20. The van der Waals surface area contributed by atoms with E-state index < -0.39 is 0 Å². The lowest BCUT2D eigenvalue weighted by Gasteiger charge is -2.14. The SMILES string of the molecule is CCNC(c1ccoc1)c1cc(C)c(C)s1. The summed E-state index contributed by atoms with van der Waals surface area (Å²) < 4.78 is 5.16. The Bertz CT molecular complexity index is 425. The molecule has 0 radical (unpaired) electrons. The van der Waals surface area contributed by atoms with E-state index >= 15 is 0 Å². The van der Waals surface area contributed by atoms with E-state index in [1.165, 1.54) is 20.9 Å². The standard InChI is InChI=1S/C13H17NOS/c1-4-14-13(11-5-6-15-8-11)12-7-9(2)10(3)16-12/h5-8,13-14H,4H2,1-3H3. The summed E-state index contributed by atoms with van der Waals surface area (Å²) in [6.07, 6.45) is 3.55. The smallest absolute Gasteiger partial charge is 0.0954 e. The number of furan rings is 1. The normalized spacial score (nSPS) is 12.9. The van der Waals surface area contributed by atoms with Gasteiger partial charge in [-0.1, -0.05) is 6.92 Å². The molecule has 2 rings (SSSR count). The first-order chi connectivity index (χ1) is 7.72. The first-order valence-corrected chi connectivity index (χ1v) is 6.36. The van der Waals surface area contributed by atoms with Gasteiger partial charge in [0, 0.05) is 15.3 Å². The molecule has 0 aliphatic rings. The summed E-state index contributed by atoms with van der Waals surface area (Å²) in [7, 11) is 0. The van der Waals surface area contributed by atoms with Crippen LogP contribution in [-0.4, -0.2) is 6.54 Å². The van der Waals surface area contributed by atoms with Crippen LogP contribution < -0.4 is 5.32 Å². The summed E-state index contributed by atoms with van der Waals surface area (Å²) in [6.45, 7) is 7.40. The zero-order chi connectivity index (χ0) is 11.5. The first kappa shape index (κ1) is 11.4. The lowest BCUT2D eigenvalue weighted by Crippen LogP contribution is -2.20. The Morgan fingerprint density at radius 3 is 2.75 bits per heavy atom. The fourth-order valence-electron chi connectivity index (χ4n) is 1.77. The Balaban J connectivity index is 2.32. The van der Waals surface area contributed by atoms with Crippen molar-refractivity contribution in [3.8, 4) is 0 Å². The van der Waals surface area contributed by atoms with Crippen molar-refractivity contribution in [1.29, 1.82) is 0 Å². The Morgan fingerprint density at radius 1 is 1.44 bits per heavy atom. The molecule has 0 saturated heterocycles. The van der Waals surface area contributed by atoms with E-state index in [1.54, 1.807) is 6.26 Å². The van der Waals surface area contributed by atoms with E-state index in [0.29, 0.717) is 0 Å². The monoisotopic (exact) mass is 235 g/mol. The molecule has 1 unspecified atom stereocenters. The molecule has 2 aromatic heterocycles. The van der Waals surface area contributed by atoms with Gasteiger partial charge in [-0.3, -0.25) is 0 Å². The molecule has 86 valence electrons. The Labute approximate surface area is 100 Å². The van der Waals surface area contributed by atoms with Crippen LogP contribution in [0.4, 0.5) is 0 Å². The average Bonchev–Trinajstić information content (AvgIpc) is 2.86. The van der Waals surface area contributed by atoms with Crippen molar-refractivity contribution >= 4 is 11.3 Å². The second kappa shape index (κ2) is 4.85. The van der Waals surface area contributed by atoms with Crippen LogP contribution in [0.1, 0.15) is 33.8 Å². The van der Waals surface area contributed by atoms with E-state index in [4.69, 9.17) is 4.42 Å². The fourth-order valence-corrected chi connectivity index (χ4v) is 2.92. The predicted molar refractivity (Wildman–Crippen MR) is 68.0 cm³/mol. The van der Waals surface area contributed by atoms with Crippen LogP contribution >= 0.6 is 11.3 Å². The van der Waals surface area contributed by atoms with Crippen molar-refractivity contribution in [2.24, 2.45) is 0 Å². The summed E-state index contributed by atoms with van der Waals surface area (Å²) in [5.74, 6) is 0. The third-order valence-corrected chi connectivity index (χ3v) is 3.97. The maximum atomic E-state index is 5.16. The summed E-state index contributed by atoms with van der Waals surface area (Å²) in [5, 5.41) is 3.49. The molecule has 1 N–H and O–H groups in total. The van der Waals surface area contributed by atoms with Crippen LogP contribution in [-0.2, 0) is 0 Å². The van der Waals surface area contributed by atoms with Crippen LogP contribution in [0, 0.1) is 13.8 Å². The summed E-state index contributed by atoms with van der Waals surface area (Å²) >= 11 is 1.86. The highest BCUT2D eigenvalue weighted by Crippen LogP contribution is 2.30. The third-order valence-electron chi connectivity index (χ3n) is 2.75. The summed E-state index contributed by atoms with van der Waals surface area (Å²) in [4.78, 5) is 2.75. The molecule has 16 heavy (non-hydrogen) atoms. The van der Waals surface area contributed by atoms with Gasteiger partial charge in [-0.15, -0.1) is 11.3 Å². The molecule has 3 heteroatoms. The van der Waals surface area contributed by atoms with E-state index in [0.717, 1.165) is 6.54 Å². The summed E-state index contributed by atoms with van der Waals surface area (Å²) in [6, 6.07) is 4.55. The lowest BCUT2D eigenvalue weighted by atomic mass is 10.1. The van der Waals surface area contributed by atoms with Gasteiger partial charge in [-0.05, 0) is 38.1 Å². The number of nitrogens with one attached hydrogen (secondary N) is 1. The second-order valence-corrected chi connectivity index (χ2v) is 5.22. The number of hydrogen-bond acceptors (Lipinski definition) is 3. The van der Waals surface area contributed by atoms with Crippen LogP contribution in [0.3, 0.4) is 0 Å². The molecule has 0 aliphatic carbocycles. The molecule has 1 atom stereocenters. The zero-order valence-electron chi connectivity index (χ0n) is 9.91. The molecule has 0 fully saturated rings. The molecular formula is C13H17NOS. The minimum Gasteiger partial charge on any atom is -0.472 e. The molecule has 2 nitrogen and oxygen atoms in total. The summed E-state index contributed by atoms with van der Waals surface area (Å²) in [5.41, 5.74) is 2.56. The van der Waals surface area contributed by atoms with Gasteiger partial charge in [0.15, 0.2) is 0 Å². The van der Waals surface area contributed by atoms with Gasteiger partial charge in [0.2, 0.25) is 0 Å². The maximum Gasteiger partial charge on any atom is 0.0954 e. The van der Waals surface area contributed by atoms with Gasteiger partial charge in [0.1, 0.15) is 0 Å². The highest BCUT2D eigenvalue weighted by atomic mass is 32.1. The van der Waals surface area contributed by atoms with Gasteiger partial charge in [0.05, 0.1) is 18.6 Å². The molecule has 0 bridgehead atoms. The van der Waals surface area contributed by atoms with Gasteiger partial charge in [-0.2, -0.15) is 0 Å². The van der Waals surface area contributed by atoms with Crippen molar-refractivity contribution < 1.29 is 4.42 Å². The van der Waals surface area contributed by atoms with Crippen molar-refractivity contribution in [2.75, 3.05) is 6.54 Å². The van der Waals surface area contributed by atoms with E-state index in [9.17, 15) is 0 Å². The van der Waals surface area contributed by atoms with Crippen molar-refractivity contribution in [3.63, 3.8) is 0 Å². The maximum absolute atomic E-state index is 5.16. The molecule has 0 aliphatic heterocycles. The van der Waals surface area contributed by atoms with Gasteiger partial charge in [-0.25, -0.2) is 0 Å². The fraction of sp³-hybridized carbons (Fsp3) is 0.385. The molecule has 0 spiro atoms. The molecule has 0 aromatic carbocycles. The quantitative estimate of drug-likeness (QED) is 0.875. The second-order valence-electron chi connectivity index (χ2n) is 3.94. The predicted octanol–water partition coefficient (Wildman–Crippen LogP) is 3.66. The van der Waals surface area contributed by atoms with E-state index in [1.807, 2.05) is 23.7 Å². The molecule has 2 aromatic rings. The van der Waals surface area contributed by atoms with Gasteiger partial charge < -0.3 is 9.73 Å². The molecule has 0 saturated carbocycles. The van der Waals surface area contributed by atoms with Gasteiger partial charge >= 0.3 is 0 Å². The minimum absolute atomic E-state index is 0.265. The number of hydrogen-bond donors (Lipinski definition) is 1. The number of thiophene rings is 1. The van der Waals surface area contributed by atoms with E-state index in [-0.39, 0.29) is 6.04 Å².